The Bertz CT molecular complexity index is 521. The number of nitrogens with one attached hydrogen (secondary N) is 1. The van der Waals surface area contributed by atoms with E-state index in [0.29, 0.717) is 0 Å². The molecule has 0 aliphatic carbocycles. The summed E-state index contributed by atoms with van der Waals surface area (Å²) in [6, 6.07) is 4.52. The van der Waals surface area contributed by atoms with Crippen molar-refractivity contribution in [2.45, 2.75) is 38.3 Å². The van der Waals surface area contributed by atoms with Crippen LogP contribution >= 0.6 is 0 Å². The van der Waals surface area contributed by atoms with Crippen molar-refractivity contribution in [3.05, 3.63) is 35.9 Å². The molecular weight excluding hydrogens is 294 g/mol. The Balaban J connectivity index is 3.15. The molecule has 1 aromatic carbocycles. The van der Waals surface area contributed by atoms with Crippen molar-refractivity contribution in [1.29, 1.82) is 0 Å². The number of halogens is 2. The highest BCUT2D eigenvalue weighted by molar-refractivity contribution is 5.80. The molecule has 0 unspecified atom stereocenters. The van der Waals surface area contributed by atoms with E-state index in [2.05, 4.69) is 5.32 Å². The second-order valence-electron chi connectivity index (χ2n) is 5.52. The molecule has 4 N–H and O–H groups in total. The fourth-order valence-corrected chi connectivity index (χ4v) is 2.12. The smallest absolute Gasteiger partial charge is 0.376 e. The largest absolute Gasteiger partial charge is 0.477 e. The maximum absolute atomic E-state index is 14.0. The lowest BCUT2D eigenvalue weighted by Gasteiger charge is -2.29. The molecule has 0 saturated heterocycles. The summed E-state index contributed by atoms with van der Waals surface area (Å²) in [4.78, 5) is 22.4. The number of aliphatic carboxylic acids is 1. The van der Waals surface area contributed by atoms with E-state index in [9.17, 15) is 18.4 Å². The Morgan fingerprint density at radius 1 is 1.27 bits per heavy atom. The average Bonchev–Trinajstić information content (AvgIpc) is 2.43. The number of rotatable bonds is 8. The van der Waals surface area contributed by atoms with Crippen molar-refractivity contribution in [3.8, 4) is 0 Å². The van der Waals surface area contributed by atoms with Gasteiger partial charge in [0.2, 0.25) is 5.91 Å². The van der Waals surface area contributed by atoms with Crippen LogP contribution in [-0.2, 0) is 9.59 Å². The Hall–Kier alpha value is -2.02. The number of hydrogen-bond donors (Lipinski definition) is 3. The summed E-state index contributed by atoms with van der Waals surface area (Å²) >= 11 is 0. The summed E-state index contributed by atoms with van der Waals surface area (Å²) in [6.45, 7) is 3.62. The first-order valence-corrected chi connectivity index (χ1v) is 6.87. The minimum Gasteiger partial charge on any atom is -0.477 e. The molecular formula is C15H20F2N2O3. The van der Waals surface area contributed by atoms with Crippen LogP contribution < -0.4 is 11.1 Å². The highest BCUT2D eigenvalue weighted by Gasteiger charge is 2.49. The number of nitrogens with two attached hydrogens (primary N) is 1. The molecule has 122 valence electrons. The Morgan fingerprint density at radius 3 is 2.23 bits per heavy atom. The van der Waals surface area contributed by atoms with Crippen molar-refractivity contribution >= 4 is 11.9 Å². The average molecular weight is 314 g/mol. The number of primary amides is 1. The summed E-state index contributed by atoms with van der Waals surface area (Å²) in [5.41, 5.74) is 5.31. The van der Waals surface area contributed by atoms with E-state index in [0.717, 1.165) is 0 Å². The van der Waals surface area contributed by atoms with Crippen LogP contribution in [0.1, 0.15) is 31.9 Å². The van der Waals surface area contributed by atoms with E-state index >= 15 is 0 Å². The molecule has 0 aliphatic rings. The van der Waals surface area contributed by atoms with E-state index < -0.39 is 29.9 Å². The van der Waals surface area contributed by atoms with Gasteiger partial charge >= 0.3 is 11.9 Å². The zero-order valence-corrected chi connectivity index (χ0v) is 12.4. The molecule has 0 aromatic heterocycles. The van der Waals surface area contributed by atoms with Gasteiger partial charge in [-0.1, -0.05) is 44.2 Å². The first-order chi connectivity index (χ1) is 10.2. The van der Waals surface area contributed by atoms with Crippen molar-refractivity contribution in [1.82, 2.24) is 5.32 Å². The topological polar surface area (TPSA) is 92.4 Å². The highest BCUT2D eigenvalue weighted by Crippen LogP contribution is 2.32. The van der Waals surface area contributed by atoms with Crippen LogP contribution in [0.25, 0.3) is 0 Å². The van der Waals surface area contributed by atoms with E-state index in [-0.39, 0.29) is 17.9 Å². The number of amides is 1. The number of carbonyl (C=O) groups is 2. The minimum absolute atomic E-state index is 0.0277. The van der Waals surface area contributed by atoms with Gasteiger partial charge in [0.15, 0.2) is 0 Å². The molecule has 7 heteroatoms. The molecule has 0 radical (unpaired) electrons. The lowest BCUT2D eigenvalue weighted by atomic mass is 9.96. The number of benzene rings is 1. The van der Waals surface area contributed by atoms with Crippen LogP contribution in [-0.4, -0.2) is 28.9 Å². The van der Waals surface area contributed by atoms with E-state index in [1.807, 2.05) is 13.8 Å². The van der Waals surface area contributed by atoms with Crippen LogP contribution in [0.5, 0.6) is 0 Å². The SMILES string of the molecule is CC(C)C[C@H](N[C@H](c1ccccc1)C(F)(F)C(=O)O)C(N)=O. The van der Waals surface area contributed by atoms with Crippen LogP contribution in [0.2, 0.25) is 0 Å². The maximum atomic E-state index is 14.0. The Morgan fingerprint density at radius 2 is 1.82 bits per heavy atom. The van der Waals surface area contributed by atoms with Crippen molar-refractivity contribution < 1.29 is 23.5 Å². The van der Waals surface area contributed by atoms with Crippen molar-refractivity contribution in [2.24, 2.45) is 11.7 Å². The summed E-state index contributed by atoms with van der Waals surface area (Å²) in [6.07, 6.45) is 0.231. The van der Waals surface area contributed by atoms with Gasteiger partial charge in [-0.25, -0.2) is 4.79 Å². The van der Waals surface area contributed by atoms with Crippen molar-refractivity contribution in [2.75, 3.05) is 0 Å². The molecule has 0 spiro atoms. The molecule has 1 rings (SSSR count). The van der Waals surface area contributed by atoms with Gasteiger partial charge in [0.25, 0.3) is 0 Å². The number of carbonyl (C=O) groups excluding carboxylic acids is 1. The van der Waals surface area contributed by atoms with Gasteiger partial charge in [-0.05, 0) is 17.9 Å². The molecule has 5 nitrogen and oxygen atoms in total. The van der Waals surface area contributed by atoms with E-state index in [1.54, 1.807) is 6.07 Å². The second kappa shape index (κ2) is 7.31. The van der Waals surface area contributed by atoms with Crippen LogP contribution in [0.3, 0.4) is 0 Å². The molecule has 0 fully saturated rings. The molecule has 1 aromatic rings. The molecule has 0 aliphatic heterocycles. The molecule has 0 bridgehead atoms. The summed E-state index contributed by atoms with van der Waals surface area (Å²) in [5.74, 6) is -7.11. The van der Waals surface area contributed by atoms with Gasteiger partial charge in [-0.15, -0.1) is 0 Å². The quantitative estimate of drug-likeness (QED) is 0.683. The zero-order valence-electron chi connectivity index (χ0n) is 12.4. The second-order valence-corrected chi connectivity index (χ2v) is 5.52. The summed E-state index contributed by atoms with van der Waals surface area (Å²) < 4.78 is 28.1. The van der Waals surface area contributed by atoms with Gasteiger partial charge in [0.05, 0.1) is 6.04 Å². The highest BCUT2D eigenvalue weighted by atomic mass is 19.3. The van der Waals surface area contributed by atoms with Crippen LogP contribution in [0, 0.1) is 5.92 Å². The van der Waals surface area contributed by atoms with Gasteiger partial charge in [0, 0.05) is 0 Å². The number of hydrogen-bond acceptors (Lipinski definition) is 3. The first kappa shape index (κ1) is 18.0. The lowest BCUT2D eigenvalue weighted by molar-refractivity contribution is -0.170. The number of alkyl halides is 2. The summed E-state index contributed by atoms with van der Waals surface area (Å²) in [7, 11) is 0. The Labute approximate surface area is 127 Å². The maximum Gasteiger partial charge on any atom is 0.376 e. The number of carboxylic acid groups (broad SMARTS) is 1. The third kappa shape index (κ3) is 4.49. The van der Waals surface area contributed by atoms with Gasteiger partial charge in [-0.2, -0.15) is 8.78 Å². The zero-order chi connectivity index (χ0) is 16.9. The first-order valence-electron chi connectivity index (χ1n) is 6.87. The van der Waals surface area contributed by atoms with Crippen LogP contribution in [0.15, 0.2) is 30.3 Å². The van der Waals surface area contributed by atoms with E-state index in [4.69, 9.17) is 10.8 Å². The van der Waals surface area contributed by atoms with Crippen LogP contribution in [0.4, 0.5) is 8.78 Å². The van der Waals surface area contributed by atoms with Gasteiger partial charge < -0.3 is 10.8 Å². The minimum atomic E-state index is -4.08. The normalized spacial score (nSPS) is 14.6. The third-order valence-electron chi connectivity index (χ3n) is 3.20. The van der Waals surface area contributed by atoms with Crippen molar-refractivity contribution in [3.63, 3.8) is 0 Å². The predicted octanol–water partition coefficient (Wildman–Crippen LogP) is 1.94. The third-order valence-corrected chi connectivity index (χ3v) is 3.20. The van der Waals surface area contributed by atoms with Gasteiger partial charge in [0.1, 0.15) is 6.04 Å². The summed E-state index contributed by atoms with van der Waals surface area (Å²) in [5, 5.41) is 11.2. The molecule has 2 atom stereocenters. The fourth-order valence-electron chi connectivity index (χ4n) is 2.12. The molecule has 0 heterocycles. The van der Waals surface area contributed by atoms with Gasteiger partial charge in [-0.3, -0.25) is 10.1 Å². The fraction of sp³-hybridized carbons (Fsp3) is 0.467. The molecule has 1 amide bonds. The Kier molecular flexibility index (Phi) is 5.99. The predicted molar refractivity (Wildman–Crippen MR) is 77.3 cm³/mol. The van der Waals surface area contributed by atoms with E-state index in [1.165, 1.54) is 24.3 Å². The molecule has 22 heavy (non-hydrogen) atoms. The molecule has 0 saturated carbocycles. The lowest BCUT2D eigenvalue weighted by Crippen LogP contribution is -2.51. The monoisotopic (exact) mass is 314 g/mol. The standard InChI is InChI=1S/C15H20F2N2O3/c1-9(2)8-11(13(18)20)19-12(15(16,17)14(21)22)10-6-4-3-5-7-10/h3-7,9,11-12,19H,8H2,1-2H3,(H2,18,20)(H,21,22)/t11-,12+/m0/s1. The number of carboxylic acids is 1.